The van der Waals surface area contributed by atoms with Crippen LogP contribution in [0.25, 0.3) is 0 Å². The fourth-order valence-corrected chi connectivity index (χ4v) is 7.18. The van der Waals surface area contributed by atoms with Crippen LogP contribution in [0.1, 0.15) is 136 Å². The Morgan fingerprint density at radius 2 is 1.25 bits per heavy atom. The van der Waals surface area contributed by atoms with Gasteiger partial charge in [-0.05, 0) is 76.5 Å². The molecule has 1 fully saturated rings. The van der Waals surface area contributed by atoms with Crippen LogP contribution >= 0.6 is 7.82 Å². The number of hydrogen-bond donors (Lipinski definition) is 6. The van der Waals surface area contributed by atoms with E-state index in [1.165, 1.54) is 19.3 Å². The highest BCUT2D eigenvalue weighted by molar-refractivity contribution is 7.47. The molecule has 0 saturated heterocycles. The van der Waals surface area contributed by atoms with Gasteiger partial charge in [-0.2, -0.15) is 0 Å². The molecule has 1 rings (SSSR count). The van der Waals surface area contributed by atoms with Crippen molar-refractivity contribution in [3.63, 3.8) is 0 Å². The minimum absolute atomic E-state index is 0.0492. The van der Waals surface area contributed by atoms with Crippen molar-refractivity contribution < 1.29 is 63.1 Å². The first-order chi connectivity index (χ1) is 28.9. The molecule has 8 atom stereocenters. The lowest BCUT2D eigenvalue weighted by molar-refractivity contribution is -0.161. The number of rotatable bonds is 36. The monoisotopic (exact) mass is 869 g/mol. The van der Waals surface area contributed by atoms with Gasteiger partial charge in [-0.1, -0.05) is 119 Å². The fourth-order valence-electron chi connectivity index (χ4n) is 6.39. The molecule has 344 valence electrons. The van der Waals surface area contributed by atoms with Crippen LogP contribution in [-0.4, -0.2) is 99.3 Å². The van der Waals surface area contributed by atoms with Gasteiger partial charge in [-0.25, -0.2) is 4.57 Å². The average Bonchev–Trinajstić information content (AvgIpc) is 3.49. The molecule has 0 radical (unpaired) electrons. The van der Waals surface area contributed by atoms with Crippen LogP contribution in [0.15, 0.2) is 72.9 Å². The van der Waals surface area contributed by atoms with Crippen molar-refractivity contribution in [1.29, 1.82) is 0 Å². The number of hydrogen-bond acceptors (Lipinski definition) is 12. The summed E-state index contributed by atoms with van der Waals surface area (Å²) in [6.45, 7) is 1.89. The van der Waals surface area contributed by atoms with Gasteiger partial charge in [0, 0.05) is 25.2 Å². The lowest BCUT2D eigenvalue weighted by Crippen LogP contribution is -2.29. The Morgan fingerprint density at radius 3 is 1.87 bits per heavy atom. The van der Waals surface area contributed by atoms with Crippen LogP contribution in [0.4, 0.5) is 0 Å². The van der Waals surface area contributed by atoms with Crippen molar-refractivity contribution in [2.75, 3.05) is 26.4 Å². The van der Waals surface area contributed by atoms with Crippen molar-refractivity contribution in [3.05, 3.63) is 72.9 Å². The highest BCUT2D eigenvalue weighted by Gasteiger charge is 2.39. The highest BCUT2D eigenvalue weighted by Crippen LogP contribution is 2.43. The number of unbranched alkanes of at least 4 members (excludes halogenated alkanes) is 7. The lowest BCUT2D eigenvalue weighted by Gasteiger charge is -2.20. The Kier molecular flexibility index (Phi) is 33.0. The quantitative estimate of drug-likeness (QED) is 0.0153. The second-order valence-corrected chi connectivity index (χ2v) is 16.8. The molecule has 0 aromatic heterocycles. The van der Waals surface area contributed by atoms with Crippen molar-refractivity contribution in [2.45, 2.75) is 166 Å². The van der Waals surface area contributed by atoms with E-state index >= 15 is 0 Å². The van der Waals surface area contributed by atoms with E-state index in [-0.39, 0.29) is 31.1 Å². The number of carbonyl (C=O) groups is 2. The van der Waals surface area contributed by atoms with E-state index in [1.807, 2.05) is 30.4 Å². The first-order valence-electron chi connectivity index (χ1n) is 22.2. The van der Waals surface area contributed by atoms with Crippen LogP contribution in [0.2, 0.25) is 0 Å². The fraction of sp³-hybridized carbons (Fsp3) is 0.696. The summed E-state index contributed by atoms with van der Waals surface area (Å²) in [5, 5.41) is 49.6. The molecule has 1 saturated carbocycles. The van der Waals surface area contributed by atoms with Gasteiger partial charge in [0.05, 0.1) is 38.1 Å². The third-order valence-corrected chi connectivity index (χ3v) is 10.9. The first-order valence-corrected chi connectivity index (χ1v) is 23.6. The van der Waals surface area contributed by atoms with Gasteiger partial charge in [0.1, 0.15) is 12.7 Å². The van der Waals surface area contributed by atoms with E-state index in [9.17, 15) is 39.5 Å². The maximum atomic E-state index is 12.6. The molecule has 0 aromatic rings. The van der Waals surface area contributed by atoms with Crippen molar-refractivity contribution >= 4 is 19.8 Å². The molecule has 0 heterocycles. The van der Waals surface area contributed by atoms with Crippen LogP contribution < -0.4 is 0 Å². The van der Waals surface area contributed by atoms with Crippen molar-refractivity contribution in [2.24, 2.45) is 11.8 Å². The second-order valence-electron chi connectivity index (χ2n) is 15.3. The van der Waals surface area contributed by atoms with Gasteiger partial charge in [-0.15, -0.1) is 0 Å². The molecule has 6 N–H and O–H groups in total. The van der Waals surface area contributed by atoms with E-state index in [2.05, 4.69) is 54.8 Å². The van der Waals surface area contributed by atoms with Gasteiger partial charge >= 0.3 is 19.8 Å². The Bertz CT molecular complexity index is 1340. The summed E-state index contributed by atoms with van der Waals surface area (Å²) in [5.41, 5.74) is 0. The molecule has 0 spiro atoms. The number of aliphatic hydroxyl groups is 5. The number of esters is 2. The molecule has 13 nitrogen and oxygen atoms in total. The number of phosphoric ester groups is 1. The number of phosphoric acid groups is 1. The summed E-state index contributed by atoms with van der Waals surface area (Å²) in [5.74, 6) is -1.64. The zero-order valence-electron chi connectivity index (χ0n) is 36.2. The zero-order chi connectivity index (χ0) is 44.3. The van der Waals surface area contributed by atoms with Crippen LogP contribution in [0.3, 0.4) is 0 Å². The van der Waals surface area contributed by atoms with E-state index in [0.29, 0.717) is 38.5 Å². The number of ether oxygens (including phenoxy) is 2. The molecule has 0 aromatic carbocycles. The van der Waals surface area contributed by atoms with E-state index < -0.39 is 76.7 Å². The maximum absolute atomic E-state index is 12.6. The standard InChI is InChI=1S/C46H77O13P/c1-3-5-7-8-9-10-11-12-13-14-15-16-17-18-19-20-26-30-46(53)59-40(37-58-60(54,55)57-35-39(49)34-47)36-56-45(52)29-25-22-21-24-28-41-42(44(51)33-43(41)50)32-31-38(48)27-23-6-4-2/h9-10,12-13,15-16,18-19,21,24,31-32,38-44,47-51H,3-8,11,14,17,20,22-23,25-30,33-37H2,1-2H3,(H,54,55)/b10-9-,13-12-,16-15-,19-18-,24-21+,32-31+/t38-,39-,40+,41+,42+,43-,44+/m0/s1. The van der Waals surface area contributed by atoms with Crippen LogP contribution in [0, 0.1) is 11.8 Å². The molecule has 14 heteroatoms. The number of allylic oxidation sites excluding steroid dienone is 10. The number of aliphatic hydroxyl groups excluding tert-OH is 5. The lowest BCUT2D eigenvalue weighted by atomic mass is 9.89. The maximum Gasteiger partial charge on any atom is 0.472 e. The van der Waals surface area contributed by atoms with Crippen LogP contribution in [-0.2, 0) is 32.7 Å². The van der Waals surface area contributed by atoms with Crippen molar-refractivity contribution in [3.8, 4) is 0 Å². The van der Waals surface area contributed by atoms with E-state index in [0.717, 1.165) is 44.9 Å². The first kappa shape index (κ1) is 55.3. The summed E-state index contributed by atoms with van der Waals surface area (Å²) in [4.78, 5) is 35.2. The summed E-state index contributed by atoms with van der Waals surface area (Å²) < 4.78 is 32.6. The van der Waals surface area contributed by atoms with Gasteiger partial charge < -0.3 is 39.9 Å². The van der Waals surface area contributed by atoms with E-state index in [4.69, 9.17) is 19.1 Å². The summed E-state index contributed by atoms with van der Waals surface area (Å²) in [6.07, 6.45) is 34.0. The molecular formula is C46H77O13P. The molecule has 0 aliphatic heterocycles. The summed E-state index contributed by atoms with van der Waals surface area (Å²) in [7, 11) is -4.70. The molecule has 1 unspecified atom stereocenters. The number of carbonyl (C=O) groups excluding carboxylic acids is 2. The zero-order valence-corrected chi connectivity index (χ0v) is 37.1. The molecule has 60 heavy (non-hydrogen) atoms. The predicted molar refractivity (Wildman–Crippen MR) is 235 cm³/mol. The molecule has 0 bridgehead atoms. The summed E-state index contributed by atoms with van der Waals surface area (Å²) >= 11 is 0. The molecule has 0 amide bonds. The van der Waals surface area contributed by atoms with Gasteiger partial charge in [-0.3, -0.25) is 18.6 Å². The Labute approximate surface area is 359 Å². The normalized spacial score (nSPS) is 21.3. The minimum Gasteiger partial charge on any atom is -0.462 e. The van der Waals surface area contributed by atoms with Gasteiger partial charge in [0.2, 0.25) is 0 Å². The second kappa shape index (κ2) is 35.8. The van der Waals surface area contributed by atoms with Crippen molar-refractivity contribution in [1.82, 2.24) is 0 Å². The molecule has 1 aliphatic rings. The van der Waals surface area contributed by atoms with Gasteiger partial charge in [0.25, 0.3) is 0 Å². The third kappa shape index (κ3) is 29.5. The average molecular weight is 869 g/mol. The molecular weight excluding hydrogens is 791 g/mol. The van der Waals surface area contributed by atoms with E-state index in [1.54, 1.807) is 6.08 Å². The SMILES string of the molecule is CCCCC/C=C\C/C=C\C/C=C\C/C=C\CCCC(=O)O[C@H](COC(=O)CCC/C=C/C[C@@H]1[C@@H](/C=C/[C@@H](O)CCCCC)[C@H](O)C[C@@H]1O)COP(=O)(O)OC[C@@H](O)CO. The Hall–Kier alpha value is -2.71. The smallest absolute Gasteiger partial charge is 0.462 e. The Morgan fingerprint density at radius 1 is 0.700 bits per heavy atom. The molecule has 1 aliphatic carbocycles. The van der Waals surface area contributed by atoms with Crippen LogP contribution in [0.5, 0.6) is 0 Å². The topological polar surface area (TPSA) is 210 Å². The van der Waals surface area contributed by atoms with Gasteiger partial charge in [0.15, 0.2) is 6.10 Å². The minimum atomic E-state index is -4.70. The third-order valence-electron chi connectivity index (χ3n) is 9.90. The summed E-state index contributed by atoms with van der Waals surface area (Å²) in [6, 6.07) is 0. The highest BCUT2D eigenvalue weighted by atomic mass is 31.2. The largest absolute Gasteiger partial charge is 0.472 e. The Balaban J connectivity index is 2.52. The predicted octanol–water partition coefficient (Wildman–Crippen LogP) is 8.05.